The molecule has 0 saturated heterocycles. The van der Waals surface area contributed by atoms with Gasteiger partial charge in [0, 0.05) is 13.1 Å². The van der Waals surface area contributed by atoms with Crippen molar-refractivity contribution in [2.24, 2.45) is 15.9 Å². The molecule has 3 nitrogen and oxygen atoms in total. The summed E-state index contributed by atoms with van der Waals surface area (Å²) in [5.74, 6) is 1.18. The quantitative estimate of drug-likeness (QED) is 0.476. The van der Waals surface area contributed by atoms with Crippen LogP contribution in [0.4, 0.5) is 0 Å². The third-order valence-electron chi connectivity index (χ3n) is 1.26. The Balaban J connectivity index is 3.95. The van der Waals surface area contributed by atoms with Gasteiger partial charge in [0.25, 0.3) is 0 Å². The molecule has 0 spiro atoms. The summed E-state index contributed by atoms with van der Waals surface area (Å²) < 4.78 is 5.45. The van der Waals surface area contributed by atoms with Crippen LogP contribution in [-0.4, -0.2) is 31.8 Å². The van der Waals surface area contributed by atoms with Crippen molar-refractivity contribution in [2.45, 2.75) is 27.7 Å². The molecular formula is C10H20N2O. The van der Waals surface area contributed by atoms with Gasteiger partial charge in [-0.2, -0.15) is 0 Å². The van der Waals surface area contributed by atoms with Crippen molar-refractivity contribution in [2.75, 3.05) is 19.7 Å². The molecule has 0 bridgehead atoms. The maximum absolute atomic E-state index is 5.45. The molecule has 76 valence electrons. The normalized spacial score (nSPS) is 12.8. The van der Waals surface area contributed by atoms with Gasteiger partial charge in [-0.05, 0) is 19.8 Å². The lowest BCUT2D eigenvalue weighted by molar-refractivity contribution is 0.263. The van der Waals surface area contributed by atoms with Crippen molar-refractivity contribution < 1.29 is 4.74 Å². The van der Waals surface area contributed by atoms with E-state index in [0.29, 0.717) is 18.4 Å². The molecule has 0 amide bonds. The summed E-state index contributed by atoms with van der Waals surface area (Å²) in [5.41, 5.74) is 0. The van der Waals surface area contributed by atoms with E-state index in [-0.39, 0.29) is 0 Å². The average Bonchev–Trinajstić information content (AvgIpc) is 2.09. The van der Waals surface area contributed by atoms with Crippen molar-refractivity contribution in [1.29, 1.82) is 0 Å². The first-order valence-electron chi connectivity index (χ1n) is 4.87. The number of ether oxygens (including phenoxy) is 1. The largest absolute Gasteiger partial charge is 0.477 e. The number of hydrogen-bond donors (Lipinski definition) is 0. The van der Waals surface area contributed by atoms with Gasteiger partial charge in [-0.15, -0.1) is 0 Å². The van der Waals surface area contributed by atoms with Crippen LogP contribution in [0.2, 0.25) is 0 Å². The van der Waals surface area contributed by atoms with Crippen LogP contribution in [0.25, 0.3) is 0 Å². The SMILES string of the molecule is CC/N=C\C(=N/CC)OCC(C)C. The zero-order valence-corrected chi connectivity index (χ0v) is 9.08. The van der Waals surface area contributed by atoms with Gasteiger partial charge in [0.1, 0.15) is 0 Å². The molecule has 0 aliphatic heterocycles. The number of aliphatic imine (C=N–C) groups is 2. The van der Waals surface area contributed by atoms with E-state index in [2.05, 4.69) is 23.8 Å². The molecule has 0 aromatic carbocycles. The minimum absolute atomic E-state index is 0.525. The van der Waals surface area contributed by atoms with E-state index < -0.39 is 0 Å². The molecule has 0 aliphatic carbocycles. The third-order valence-corrected chi connectivity index (χ3v) is 1.26. The van der Waals surface area contributed by atoms with Crippen LogP contribution >= 0.6 is 0 Å². The number of hydrogen-bond acceptors (Lipinski definition) is 3. The second-order valence-electron chi connectivity index (χ2n) is 3.15. The Bertz CT molecular complexity index is 174. The smallest absolute Gasteiger partial charge is 0.227 e. The fourth-order valence-electron chi connectivity index (χ4n) is 0.701. The van der Waals surface area contributed by atoms with Crippen LogP contribution in [0, 0.1) is 5.92 Å². The van der Waals surface area contributed by atoms with E-state index in [1.54, 1.807) is 6.21 Å². The monoisotopic (exact) mass is 184 g/mol. The first kappa shape index (κ1) is 12.1. The van der Waals surface area contributed by atoms with E-state index in [9.17, 15) is 0 Å². The van der Waals surface area contributed by atoms with Gasteiger partial charge in [-0.25, -0.2) is 0 Å². The highest BCUT2D eigenvalue weighted by molar-refractivity contribution is 6.26. The molecular weight excluding hydrogens is 164 g/mol. The third kappa shape index (κ3) is 7.50. The van der Waals surface area contributed by atoms with Crippen LogP contribution < -0.4 is 0 Å². The zero-order chi connectivity index (χ0) is 10.1. The van der Waals surface area contributed by atoms with E-state index in [1.165, 1.54) is 0 Å². The summed E-state index contributed by atoms with van der Waals surface area (Å²) >= 11 is 0. The Kier molecular flexibility index (Phi) is 7.26. The minimum Gasteiger partial charge on any atom is -0.477 e. The summed E-state index contributed by atoms with van der Waals surface area (Å²) in [6.07, 6.45) is 1.70. The van der Waals surface area contributed by atoms with Gasteiger partial charge >= 0.3 is 0 Å². The minimum atomic E-state index is 0.525. The van der Waals surface area contributed by atoms with Crippen molar-refractivity contribution >= 4 is 12.1 Å². The van der Waals surface area contributed by atoms with E-state index in [1.807, 2.05) is 13.8 Å². The number of nitrogens with zero attached hydrogens (tertiary/aromatic N) is 2. The van der Waals surface area contributed by atoms with E-state index in [0.717, 1.165) is 13.1 Å². The Hall–Kier alpha value is -0.860. The first-order valence-corrected chi connectivity index (χ1v) is 4.87. The molecule has 0 aromatic rings. The molecule has 0 rings (SSSR count). The summed E-state index contributed by atoms with van der Waals surface area (Å²) in [5, 5.41) is 0. The highest BCUT2D eigenvalue weighted by atomic mass is 16.5. The molecule has 0 unspecified atom stereocenters. The van der Waals surface area contributed by atoms with Crippen LogP contribution in [0.3, 0.4) is 0 Å². The van der Waals surface area contributed by atoms with Crippen molar-refractivity contribution in [3.63, 3.8) is 0 Å². The molecule has 0 atom stereocenters. The summed E-state index contributed by atoms with van der Waals surface area (Å²) in [6, 6.07) is 0. The Labute approximate surface area is 80.9 Å². The predicted molar refractivity (Wildman–Crippen MR) is 57.8 cm³/mol. The molecule has 0 radical (unpaired) electrons. The summed E-state index contributed by atoms with van der Waals surface area (Å²) in [7, 11) is 0. The van der Waals surface area contributed by atoms with Crippen LogP contribution in [0.15, 0.2) is 9.98 Å². The molecule has 0 saturated carbocycles. The highest BCUT2D eigenvalue weighted by Crippen LogP contribution is 1.93. The zero-order valence-electron chi connectivity index (χ0n) is 9.08. The fraction of sp³-hybridized carbons (Fsp3) is 0.800. The van der Waals surface area contributed by atoms with Gasteiger partial charge in [-0.1, -0.05) is 13.8 Å². The first-order chi connectivity index (χ1) is 6.20. The number of rotatable bonds is 5. The second-order valence-corrected chi connectivity index (χ2v) is 3.15. The van der Waals surface area contributed by atoms with E-state index >= 15 is 0 Å². The van der Waals surface area contributed by atoms with Gasteiger partial charge in [0.05, 0.1) is 12.8 Å². The standard InChI is InChI=1S/C10H20N2O/c1-5-11-7-10(12-6-2)13-8-9(3)4/h7,9H,5-6,8H2,1-4H3/b11-7-,12-10+. The van der Waals surface area contributed by atoms with Crippen molar-refractivity contribution in [3.05, 3.63) is 0 Å². The van der Waals surface area contributed by atoms with Crippen LogP contribution in [0.5, 0.6) is 0 Å². The molecule has 3 heteroatoms. The second kappa shape index (κ2) is 7.77. The Morgan fingerprint density at radius 2 is 2.00 bits per heavy atom. The maximum Gasteiger partial charge on any atom is 0.227 e. The molecule has 0 heterocycles. The van der Waals surface area contributed by atoms with Gasteiger partial charge in [-0.3, -0.25) is 9.98 Å². The maximum atomic E-state index is 5.45. The fourth-order valence-corrected chi connectivity index (χ4v) is 0.701. The highest BCUT2D eigenvalue weighted by Gasteiger charge is 1.97. The molecule has 0 aliphatic rings. The van der Waals surface area contributed by atoms with Crippen LogP contribution in [0.1, 0.15) is 27.7 Å². The Morgan fingerprint density at radius 3 is 2.46 bits per heavy atom. The molecule has 0 fully saturated rings. The lowest BCUT2D eigenvalue weighted by Gasteiger charge is -2.07. The summed E-state index contributed by atoms with van der Waals surface area (Å²) in [6.45, 7) is 10.4. The summed E-state index contributed by atoms with van der Waals surface area (Å²) in [4.78, 5) is 8.27. The van der Waals surface area contributed by atoms with E-state index in [4.69, 9.17) is 4.74 Å². The lowest BCUT2D eigenvalue weighted by atomic mass is 10.2. The van der Waals surface area contributed by atoms with Gasteiger partial charge in [0.2, 0.25) is 5.90 Å². The molecule has 13 heavy (non-hydrogen) atoms. The molecule has 0 N–H and O–H groups in total. The van der Waals surface area contributed by atoms with Crippen molar-refractivity contribution in [1.82, 2.24) is 0 Å². The van der Waals surface area contributed by atoms with Gasteiger partial charge in [0.15, 0.2) is 0 Å². The predicted octanol–water partition coefficient (Wildman–Crippen LogP) is 2.17. The van der Waals surface area contributed by atoms with Gasteiger partial charge < -0.3 is 4.74 Å². The molecule has 0 aromatic heterocycles. The average molecular weight is 184 g/mol. The van der Waals surface area contributed by atoms with Crippen molar-refractivity contribution in [3.8, 4) is 0 Å². The lowest BCUT2D eigenvalue weighted by Crippen LogP contribution is -2.12. The van der Waals surface area contributed by atoms with Crippen LogP contribution in [-0.2, 0) is 4.74 Å². The Morgan fingerprint density at radius 1 is 1.31 bits per heavy atom. The topological polar surface area (TPSA) is 34.0 Å².